The van der Waals surface area contributed by atoms with Gasteiger partial charge in [0.25, 0.3) is 0 Å². The van der Waals surface area contributed by atoms with Gasteiger partial charge in [-0.2, -0.15) is 8.42 Å². The summed E-state index contributed by atoms with van der Waals surface area (Å²) >= 11 is 0. The molecular formula is C13H12FNO7S. The molecule has 0 saturated carbocycles. The summed E-state index contributed by atoms with van der Waals surface area (Å²) in [4.78, 5) is 35.5. The van der Waals surface area contributed by atoms with Crippen molar-refractivity contribution in [3.05, 3.63) is 29.3 Å². The highest BCUT2D eigenvalue weighted by Crippen LogP contribution is 2.32. The minimum absolute atomic E-state index is 0.271. The minimum atomic E-state index is -4.80. The molecule has 1 fully saturated rings. The molecule has 1 aliphatic heterocycles. The molecule has 2 N–H and O–H groups in total. The fourth-order valence-corrected chi connectivity index (χ4v) is 3.36. The van der Waals surface area contributed by atoms with Gasteiger partial charge < -0.3 is 15.1 Å². The van der Waals surface area contributed by atoms with Crippen LogP contribution in [0.1, 0.15) is 27.1 Å². The van der Waals surface area contributed by atoms with Crippen LogP contribution < -0.4 is 4.90 Å². The number of carbonyl (C=O) groups excluding carboxylic acids is 1. The van der Waals surface area contributed by atoms with Crippen LogP contribution >= 0.6 is 0 Å². The number of carboxylic acid groups (broad SMARTS) is 2. The number of carboxylic acids is 2. The summed E-state index contributed by atoms with van der Waals surface area (Å²) in [6.45, 7) is -0.271. The van der Waals surface area contributed by atoms with Crippen LogP contribution in [0.5, 0.6) is 0 Å². The van der Waals surface area contributed by atoms with E-state index in [-0.39, 0.29) is 18.7 Å². The van der Waals surface area contributed by atoms with Gasteiger partial charge in [0.2, 0.25) is 5.91 Å². The number of anilines is 1. The van der Waals surface area contributed by atoms with Crippen LogP contribution in [0.15, 0.2) is 18.2 Å². The molecule has 124 valence electrons. The molecule has 1 saturated heterocycles. The van der Waals surface area contributed by atoms with Crippen LogP contribution in [0.25, 0.3) is 0 Å². The Morgan fingerprint density at radius 2 is 1.74 bits per heavy atom. The van der Waals surface area contributed by atoms with Gasteiger partial charge in [-0.25, -0.2) is 9.59 Å². The molecule has 1 aromatic rings. The summed E-state index contributed by atoms with van der Waals surface area (Å²) in [5.74, 6) is -5.28. The number of halogens is 1. The molecule has 0 bridgehead atoms. The number of para-hydroxylation sites is 1. The number of hydrogen-bond acceptors (Lipinski definition) is 5. The molecule has 0 aromatic heterocycles. The van der Waals surface area contributed by atoms with Gasteiger partial charge in [-0.15, -0.1) is 3.89 Å². The monoisotopic (exact) mass is 345 g/mol. The molecule has 0 radical (unpaired) electrons. The Morgan fingerprint density at radius 1 is 1.22 bits per heavy atom. The first kappa shape index (κ1) is 16.9. The van der Waals surface area contributed by atoms with Gasteiger partial charge in [0.1, 0.15) is 0 Å². The Kier molecular flexibility index (Phi) is 4.37. The zero-order valence-electron chi connectivity index (χ0n) is 11.6. The lowest BCUT2D eigenvalue weighted by molar-refractivity contribution is -0.117. The van der Waals surface area contributed by atoms with Crippen molar-refractivity contribution in [1.82, 2.24) is 0 Å². The van der Waals surface area contributed by atoms with Crippen molar-refractivity contribution in [2.45, 2.75) is 6.42 Å². The number of amides is 1. The third kappa shape index (κ3) is 3.65. The summed E-state index contributed by atoms with van der Waals surface area (Å²) in [7, 11) is -4.80. The maximum Gasteiger partial charge on any atom is 0.337 e. The summed E-state index contributed by atoms with van der Waals surface area (Å²) in [6.07, 6.45) is -0.309. The lowest BCUT2D eigenvalue weighted by Crippen LogP contribution is -2.29. The van der Waals surface area contributed by atoms with Crippen molar-refractivity contribution in [2.75, 3.05) is 17.2 Å². The van der Waals surface area contributed by atoms with Gasteiger partial charge in [-0.1, -0.05) is 6.07 Å². The quantitative estimate of drug-likeness (QED) is 0.753. The molecule has 1 amide bonds. The molecule has 23 heavy (non-hydrogen) atoms. The molecule has 1 aromatic carbocycles. The Morgan fingerprint density at radius 3 is 2.17 bits per heavy atom. The second-order valence-electron chi connectivity index (χ2n) is 5.09. The molecule has 10 heteroatoms. The maximum absolute atomic E-state index is 12.8. The van der Waals surface area contributed by atoms with Crippen molar-refractivity contribution in [3.63, 3.8) is 0 Å². The SMILES string of the molecule is O=C(O)c1cccc(C(=O)O)c1N1CC(CS(=O)(=O)F)CC1=O. The largest absolute Gasteiger partial charge is 0.478 e. The van der Waals surface area contributed by atoms with E-state index in [1.54, 1.807) is 0 Å². The van der Waals surface area contributed by atoms with Crippen molar-refractivity contribution >= 4 is 33.8 Å². The van der Waals surface area contributed by atoms with Crippen LogP contribution in [-0.2, 0) is 15.0 Å². The summed E-state index contributed by atoms with van der Waals surface area (Å²) in [6, 6.07) is 3.49. The number of aromatic carboxylic acids is 2. The van der Waals surface area contributed by atoms with E-state index in [4.69, 9.17) is 0 Å². The van der Waals surface area contributed by atoms with E-state index in [0.29, 0.717) is 0 Å². The Hall–Kier alpha value is -2.49. The Labute approximate surface area is 130 Å². The van der Waals surface area contributed by atoms with E-state index in [0.717, 1.165) is 17.0 Å². The molecule has 1 atom stereocenters. The van der Waals surface area contributed by atoms with Crippen LogP contribution in [0.2, 0.25) is 0 Å². The zero-order chi connectivity index (χ0) is 17.4. The van der Waals surface area contributed by atoms with Crippen LogP contribution in [-0.4, -0.2) is 48.8 Å². The summed E-state index contributed by atoms with van der Waals surface area (Å²) in [5.41, 5.74) is -1.12. The normalized spacial score (nSPS) is 18.2. The first-order chi connectivity index (χ1) is 10.6. The molecule has 2 rings (SSSR count). The van der Waals surface area contributed by atoms with Crippen LogP contribution in [0.3, 0.4) is 0 Å². The Balaban J connectivity index is 2.47. The van der Waals surface area contributed by atoms with Gasteiger partial charge in [0, 0.05) is 18.9 Å². The fourth-order valence-electron chi connectivity index (χ4n) is 2.57. The van der Waals surface area contributed by atoms with E-state index < -0.39 is 50.9 Å². The molecule has 1 unspecified atom stereocenters. The summed E-state index contributed by atoms with van der Waals surface area (Å²) in [5, 5.41) is 18.4. The molecule has 0 aliphatic carbocycles. The zero-order valence-corrected chi connectivity index (χ0v) is 12.4. The average molecular weight is 345 g/mol. The minimum Gasteiger partial charge on any atom is -0.478 e. The first-order valence-corrected chi connectivity index (χ1v) is 7.97. The average Bonchev–Trinajstić information content (AvgIpc) is 2.75. The highest BCUT2D eigenvalue weighted by Gasteiger charge is 2.37. The number of benzene rings is 1. The topological polar surface area (TPSA) is 129 Å². The second kappa shape index (κ2) is 5.95. The molecule has 1 aliphatic rings. The van der Waals surface area contributed by atoms with Gasteiger partial charge in [0.05, 0.1) is 22.6 Å². The van der Waals surface area contributed by atoms with Gasteiger partial charge in [0.15, 0.2) is 0 Å². The van der Waals surface area contributed by atoms with Crippen molar-refractivity contribution in [3.8, 4) is 0 Å². The van der Waals surface area contributed by atoms with Gasteiger partial charge in [-0.05, 0) is 12.1 Å². The number of hydrogen-bond donors (Lipinski definition) is 2. The van der Waals surface area contributed by atoms with Crippen molar-refractivity contribution < 1.29 is 36.9 Å². The molecule has 8 nitrogen and oxygen atoms in total. The third-order valence-electron chi connectivity index (χ3n) is 3.41. The van der Waals surface area contributed by atoms with E-state index in [1.807, 2.05) is 0 Å². The van der Waals surface area contributed by atoms with E-state index >= 15 is 0 Å². The summed E-state index contributed by atoms with van der Waals surface area (Å²) < 4.78 is 34.2. The van der Waals surface area contributed by atoms with Crippen LogP contribution in [0, 0.1) is 5.92 Å². The highest BCUT2D eigenvalue weighted by molar-refractivity contribution is 7.86. The van der Waals surface area contributed by atoms with Crippen molar-refractivity contribution in [1.29, 1.82) is 0 Å². The van der Waals surface area contributed by atoms with Crippen LogP contribution in [0.4, 0.5) is 9.57 Å². The third-order valence-corrected chi connectivity index (χ3v) is 4.28. The lowest BCUT2D eigenvalue weighted by Gasteiger charge is -2.21. The molecular weight excluding hydrogens is 333 g/mol. The van der Waals surface area contributed by atoms with E-state index in [9.17, 15) is 36.9 Å². The first-order valence-electron chi connectivity index (χ1n) is 6.42. The van der Waals surface area contributed by atoms with Crippen molar-refractivity contribution in [2.24, 2.45) is 5.92 Å². The lowest BCUT2D eigenvalue weighted by atomic mass is 10.1. The molecule has 0 spiro atoms. The van der Waals surface area contributed by atoms with Gasteiger partial charge in [-0.3, -0.25) is 4.79 Å². The standard InChI is InChI=1S/C13H12FNO7S/c14-23(21,22)6-7-4-10(16)15(5-7)11-8(12(17)18)2-1-3-9(11)13(19)20/h1-3,7H,4-6H2,(H,17,18)(H,19,20). The predicted molar refractivity (Wildman–Crippen MR) is 75.7 cm³/mol. The second-order valence-corrected chi connectivity index (χ2v) is 6.50. The highest BCUT2D eigenvalue weighted by atomic mass is 32.3. The molecule has 1 heterocycles. The Bertz CT molecular complexity index is 757. The smallest absolute Gasteiger partial charge is 0.337 e. The number of rotatable bonds is 5. The predicted octanol–water partition coefficient (Wildman–Crippen LogP) is 0.735. The number of nitrogens with zero attached hydrogens (tertiary/aromatic N) is 1. The van der Waals surface area contributed by atoms with E-state index in [1.165, 1.54) is 6.07 Å². The maximum atomic E-state index is 12.8. The van der Waals surface area contributed by atoms with E-state index in [2.05, 4.69) is 0 Å². The fraction of sp³-hybridized carbons (Fsp3) is 0.308. The number of carbonyl (C=O) groups is 3. The van der Waals surface area contributed by atoms with Gasteiger partial charge >= 0.3 is 22.2 Å².